The minimum atomic E-state index is -1.13. The van der Waals surface area contributed by atoms with Gasteiger partial charge in [-0.2, -0.15) is 0 Å². The average molecular weight is 455 g/mol. The predicted octanol–water partition coefficient (Wildman–Crippen LogP) is 4.52. The summed E-state index contributed by atoms with van der Waals surface area (Å²) in [5.41, 5.74) is -2.49. The number of morpholine rings is 1. The standard InChI is InChI=1S/C23H31F2NO6/c1-22(2,3)31-20(28)14-11-16(24)19(17(25)12-14)18(27)8-7-15-13-26(9-10-30-15)21(29)32-23(4,5)6/h11-12,15H,7-10,13H2,1-6H3. The SMILES string of the molecule is CC(C)(C)OC(=O)c1cc(F)c(C(=O)CCC2CN(C(=O)OC(C)(C)C)CCO2)c(F)c1. The third kappa shape index (κ3) is 7.55. The second kappa shape index (κ2) is 9.94. The first kappa shape index (κ1) is 25.7. The Kier molecular flexibility index (Phi) is 7.98. The van der Waals surface area contributed by atoms with Crippen molar-refractivity contribution in [2.45, 2.75) is 71.7 Å². The molecule has 7 nitrogen and oxygen atoms in total. The van der Waals surface area contributed by atoms with E-state index < -0.39 is 52.3 Å². The van der Waals surface area contributed by atoms with Crippen molar-refractivity contribution in [1.29, 1.82) is 0 Å². The number of nitrogens with zero attached hydrogens (tertiary/aromatic N) is 1. The van der Waals surface area contributed by atoms with Gasteiger partial charge >= 0.3 is 12.1 Å². The number of ketones is 1. The van der Waals surface area contributed by atoms with Crippen LogP contribution in [0.15, 0.2) is 12.1 Å². The van der Waals surface area contributed by atoms with Gasteiger partial charge in [0.1, 0.15) is 22.8 Å². The fourth-order valence-corrected chi connectivity index (χ4v) is 3.10. The molecular weight excluding hydrogens is 424 g/mol. The van der Waals surface area contributed by atoms with E-state index in [0.717, 1.165) is 12.1 Å². The first-order valence-electron chi connectivity index (χ1n) is 10.5. The number of benzene rings is 1. The number of Topliss-reactive ketones (excluding diaryl/α,β-unsaturated/α-hetero) is 1. The summed E-state index contributed by atoms with van der Waals surface area (Å²) in [6.45, 7) is 11.0. The highest BCUT2D eigenvalue weighted by Gasteiger charge is 2.29. The van der Waals surface area contributed by atoms with Gasteiger partial charge in [-0.1, -0.05) is 0 Å². The Labute approximate surface area is 187 Å². The Bertz CT molecular complexity index is 849. The van der Waals surface area contributed by atoms with Crippen molar-refractivity contribution >= 4 is 17.8 Å². The molecule has 0 saturated carbocycles. The summed E-state index contributed by atoms with van der Waals surface area (Å²) in [5, 5.41) is 0. The summed E-state index contributed by atoms with van der Waals surface area (Å²) in [6.07, 6.45) is -0.962. The van der Waals surface area contributed by atoms with E-state index in [2.05, 4.69) is 0 Å². The van der Waals surface area contributed by atoms with Crippen molar-refractivity contribution in [3.8, 4) is 0 Å². The van der Waals surface area contributed by atoms with Crippen molar-refractivity contribution in [3.05, 3.63) is 34.9 Å². The Balaban J connectivity index is 2.00. The van der Waals surface area contributed by atoms with Crippen LogP contribution in [0.25, 0.3) is 0 Å². The molecule has 0 radical (unpaired) electrons. The zero-order valence-electron chi connectivity index (χ0n) is 19.4. The number of carbonyl (C=O) groups excluding carboxylic acids is 3. The highest BCUT2D eigenvalue weighted by molar-refractivity contribution is 5.98. The van der Waals surface area contributed by atoms with Crippen LogP contribution in [-0.2, 0) is 14.2 Å². The molecule has 1 atom stereocenters. The molecule has 1 aliphatic rings. The predicted molar refractivity (Wildman–Crippen MR) is 113 cm³/mol. The van der Waals surface area contributed by atoms with Gasteiger partial charge in [-0.05, 0) is 60.1 Å². The van der Waals surface area contributed by atoms with E-state index in [1.165, 1.54) is 4.90 Å². The van der Waals surface area contributed by atoms with Gasteiger partial charge in [0.05, 0.1) is 30.4 Å². The zero-order valence-corrected chi connectivity index (χ0v) is 19.4. The van der Waals surface area contributed by atoms with Crippen molar-refractivity contribution in [3.63, 3.8) is 0 Å². The van der Waals surface area contributed by atoms with Gasteiger partial charge in [-0.25, -0.2) is 18.4 Å². The molecule has 1 heterocycles. The van der Waals surface area contributed by atoms with E-state index >= 15 is 0 Å². The number of esters is 1. The van der Waals surface area contributed by atoms with Crippen LogP contribution in [0.4, 0.5) is 13.6 Å². The Morgan fingerprint density at radius 3 is 2.12 bits per heavy atom. The molecule has 1 aromatic rings. The van der Waals surface area contributed by atoms with Gasteiger partial charge in [0.15, 0.2) is 5.78 Å². The summed E-state index contributed by atoms with van der Waals surface area (Å²) in [6, 6.07) is 1.59. The molecule has 0 N–H and O–H groups in total. The van der Waals surface area contributed by atoms with Crippen LogP contribution in [0, 0.1) is 11.6 Å². The molecule has 1 amide bonds. The lowest BCUT2D eigenvalue weighted by atomic mass is 10.0. The van der Waals surface area contributed by atoms with Gasteiger partial charge in [-0.3, -0.25) is 4.79 Å². The Morgan fingerprint density at radius 2 is 1.59 bits per heavy atom. The summed E-state index contributed by atoms with van der Waals surface area (Å²) >= 11 is 0. The maximum atomic E-state index is 14.5. The van der Waals surface area contributed by atoms with Gasteiger partial charge < -0.3 is 19.1 Å². The quantitative estimate of drug-likeness (QED) is 0.480. The maximum absolute atomic E-state index is 14.5. The molecular formula is C23H31F2NO6. The first-order valence-corrected chi connectivity index (χ1v) is 10.5. The van der Waals surface area contributed by atoms with E-state index in [4.69, 9.17) is 14.2 Å². The highest BCUT2D eigenvalue weighted by Crippen LogP contribution is 2.22. The molecule has 178 valence electrons. The van der Waals surface area contributed by atoms with Gasteiger partial charge in [0.25, 0.3) is 0 Å². The van der Waals surface area contributed by atoms with Crippen LogP contribution < -0.4 is 0 Å². The number of amides is 1. The largest absolute Gasteiger partial charge is 0.456 e. The lowest BCUT2D eigenvalue weighted by Gasteiger charge is -2.34. The second-order valence-corrected chi connectivity index (χ2v) is 9.70. The van der Waals surface area contributed by atoms with Crippen molar-refractivity contribution in [2.24, 2.45) is 0 Å². The molecule has 0 aliphatic carbocycles. The van der Waals surface area contributed by atoms with Crippen molar-refractivity contribution in [1.82, 2.24) is 4.90 Å². The third-order valence-corrected chi connectivity index (χ3v) is 4.44. The number of hydrogen-bond donors (Lipinski definition) is 0. The number of ether oxygens (including phenoxy) is 3. The lowest BCUT2D eigenvalue weighted by Crippen LogP contribution is -2.47. The minimum Gasteiger partial charge on any atom is -0.456 e. The van der Waals surface area contributed by atoms with Crippen LogP contribution >= 0.6 is 0 Å². The first-order chi connectivity index (χ1) is 14.7. The minimum absolute atomic E-state index is 0.171. The molecule has 0 aromatic heterocycles. The topological polar surface area (TPSA) is 82.1 Å². The number of rotatable bonds is 5. The summed E-state index contributed by atoms with van der Waals surface area (Å²) in [5.74, 6) is -3.90. The van der Waals surface area contributed by atoms with Crippen LogP contribution in [0.5, 0.6) is 0 Å². The molecule has 1 saturated heterocycles. The molecule has 0 spiro atoms. The van der Waals surface area contributed by atoms with Crippen molar-refractivity contribution in [2.75, 3.05) is 19.7 Å². The molecule has 1 fully saturated rings. The van der Waals surface area contributed by atoms with Gasteiger partial charge in [0.2, 0.25) is 0 Å². The van der Waals surface area contributed by atoms with Gasteiger partial charge in [-0.15, -0.1) is 0 Å². The molecule has 9 heteroatoms. The van der Waals surface area contributed by atoms with E-state index in [-0.39, 0.29) is 31.6 Å². The van der Waals surface area contributed by atoms with E-state index in [9.17, 15) is 23.2 Å². The molecule has 1 unspecified atom stereocenters. The van der Waals surface area contributed by atoms with Crippen LogP contribution in [0.2, 0.25) is 0 Å². The monoisotopic (exact) mass is 455 g/mol. The number of carbonyl (C=O) groups is 3. The fourth-order valence-electron chi connectivity index (χ4n) is 3.10. The third-order valence-electron chi connectivity index (χ3n) is 4.44. The number of hydrogen-bond acceptors (Lipinski definition) is 6. The molecule has 0 bridgehead atoms. The average Bonchev–Trinajstić information content (AvgIpc) is 2.63. The summed E-state index contributed by atoms with van der Waals surface area (Å²) < 4.78 is 45.0. The molecule has 1 aromatic carbocycles. The van der Waals surface area contributed by atoms with Crippen LogP contribution in [-0.4, -0.2) is 59.7 Å². The summed E-state index contributed by atoms with van der Waals surface area (Å²) in [4.78, 5) is 38.2. The smallest absolute Gasteiger partial charge is 0.410 e. The van der Waals surface area contributed by atoms with Crippen molar-refractivity contribution < 1.29 is 37.4 Å². The highest BCUT2D eigenvalue weighted by atomic mass is 19.1. The lowest BCUT2D eigenvalue weighted by molar-refractivity contribution is -0.0443. The Hall–Kier alpha value is -2.55. The van der Waals surface area contributed by atoms with E-state index in [1.54, 1.807) is 41.5 Å². The van der Waals surface area contributed by atoms with E-state index in [0.29, 0.717) is 6.54 Å². The molecule has 32 heavy (non-hydrogen) atoms. The van der Waals surface area contributed by atoms with Crippen LogP contribution in [0.1, 0.15) is 75.1 Å². The van der Waals surface area contributed by atoms with Gasteiger partial charge in [0, 0.05) is 13.0 Å². The zero-order chi connectivity index (χ0) is 24.3. The summed E-state index contributed by atoms with van der Waals surface area (Å²) in [7, 11) is 0. The molecule has 2 rings (SSSR count). The van der Waals surface area contributed by atoms with E-state index in [1.807, 2.05) is 0 Å². The fraction of sp³-hybridized carbons (Fsp3) is 0.609. The number of halogens is 2. The Morgan fingerprint density at radius 1 is 1.03 bits per heavy atom. The second-order valence-electron chi connectivity index (χ2n) is 9.70. The molecule has 1 aliphatic heterocycles. The maximum Gasteiger partial charge on any atom is 0.410 e. The normalized spacial score (nSPS) is 17.1. The van der Waals surface area contributed by atoms with Crippen LogP contribution in [0.3, 0.4) is 0 Å².